The SMILES string of the molecule is N#Cc1c(-n2c3ccccc3c3cc4c(cc32)c2ccccc2n4-c2ccccc2)cc(-c2nc(-c3ccccc3)nc3oc4ccccc4c23)cc1-n1c2ccccc2c2c3c(c4ccccc4n3-c3ccccc3)c3c(c4ccccc4n3-c3ccccc3)c21. The van der Waals surface area contributed by atoms with Crippen LogP contribution in [-0.4, -0.2) is 32.8 Å². The number of fused-ring (bicyclic) bond motifs is 21. The lowest BCUT2D eigenvalue weighted by molar-refractivity contribution is 0.653. The molecule has 20 aromatic rings. The molecule has 13 aromatic carbocycles. The second kappa shape index (κ2) is 19.1. The summed E-state index contributed by atoms with van der Waals surface area (Å²) in [5.41, 5.74) is 18.9. The Kier molecular flexibility index (Phi) is 10.4. The van der Waals surface area contributed by atoms with Gasteiger partial charge >= 0.3 is 0 Å². The third-order valence-corrected chi connectivity index (χ3v) is 19.1. The van der Waals surface area contributed by atoms with E-state index in [1.54, 1.807) is 0 Å². The van der Waals surface area contributed by atoms with Gasteiger partial charge < -0.3 is 27.3 Å². The molecule has 0 fully saturated rings. The van der Waals surface area contributed by atoms with Crippen molar-refractivity contribution >= 4 is 131 Å². The fraction of sp³-hybridized carbons (Fsp3) is 0. The van der Waals surface area contributed by atoms with Gasteiger partial charge in [0.1, 0.15) is 17.2 Å². The number of hydrogen-bond acceptors (Lipinski definition) is 4. The zero-order valence-corrected chi connectivity index (χ0v) is 49.2. The molecule has 0 unspecified atom stereocenters. The monoisotopic (exact) mass is 1170 g/mol. The molecule has 0 aliphatic heterocycles. The van der Waals surface area contributed by atoms with Gasteiger partial charge in [-0.25, -0.2) is 4.98 Å². The molecule has 9 heteroatoms. The first-order chi connectivity index (χ1) is 45.7. The van der Waals surface area contributed by atoms with Gasteiger partial charge in [0.2, 0.25) is 5.71 Å². The number of benzene rings is 13. The van der Waals surface area contributed by atoms with E-state index in [-0.39, 0.29) is 0 Å². The number of furan rings is 1. The minimum Gasteiger partial charge on any atom is -0.438 e. The van der Waals surface area contributed by atoms with Crippen molar-refractivity contribution in [3.63, 3.8) is 0 Å². The highest BCUT2D eigenvalue weighted by Crippen LogP contribution is 2.52. The van der Waals surface area contributed by atoms with Crippen molar-refractivity contribution in [2.45, 2.75) is 0 Å². The second-order valence-electron chi connectivity index (χ2n) is 23.9. The summed E-state index contributed by atoms with van der Waals surface area (Å²) < 4.78 is 18.8. The van der Waals surface area contributed by atoms with Crippen LogP contribution < -0.4 is 0 Å². The molecular formula is C83H48N8O. The number of para-hydroxylation sites is 9. The first-order valence-electron chi connectivity index (χ1n) is 31.0. The first-order valence-corrected chi connectivity index (χ1v) is 31.0. The molecule has 0 aliphatic carbocycles. The molecular weight excluding hydrogens is 1120 g/mol. The van der Waals surface area contributed by atoms with Crippen LogP contribution in [0.4, 0.5) is 0 Å². The lowest BCUT2D eigenvalue weighted by Crippen LogP contribution is -2.06. The molecule has 0 aliphatic rings. The van der Waals surface area contributed by atoms with Gasteiger partial charge in [-0.05, 0) is 97.1 Å². The van der Waals surface area contributed by atoms with Gasteiger partial charge in [0, 0.05) is 87.4 Å². The minimum atomic E-state index is 0.472. The van der Waals surface area contributed by atoms with Gasteiger partial charge in [0.05, 0.1) is 77.6 Å². The molecule has 0 radical (unpaired) electrons. The highest BCUT2D eigenvalue weighted by molar-refractivity contribution is 6.40. The van der Waals surface area contributed by atoms with E-state index in [0.29, 0.717) is 39.8 Å². The summed E-state index contributed by atoms with van der Waals surface area (Å²) in [6.45, 7) is 0. The number of aromatic nitrogens is 7. The van der Waals surface area contributed by atoms with E-state index in [1.807, 2.05) is 48.5 Å². The molecule has 7 heterocycles. The molecule has 7 aromatic heterocycles. The summed E-state index contributed by atoms with van der Waals surface area (Å²) >= 11 is 0. The van der Waals surface area contributed by atoms with Crippen LogP contribution in [0.1, 0.15) is 5.56 Å². The van der Waals surface area contributed by atoms with Gasteiger partial charge in [-0.1, -0.05) is 194 Å². The molecule has 0 bridgehead atoms. The number of hydrogen-bond donors (Lipinski definition) is 0. The van der Waals surface area contributed by atoms with Crippen LogP contribution in [0.2, 0.25) is 0 Å². The largest absolute Gasteiger partial charge is 0.438 e. The van der Waals surface area contributed by atoms with E-state index < -0.39 is 0 Å². The predicted octanol–water partition coefficient (Wildman–Crippen LogP) is 21.1. The molecule has 0 atom stereocenters. The topological polar surface area (TPSA) is 87.4 Å². The molecule has 0 amide bonds. The Morgan fingerprint density at radius 3 is 1.18 bits per heavy atom. The minimum absolute atomic E-state index is 0.472. The van der Waals surface area contributed by atoms with E-state index >= 15 is 0 Å². The van der Waals surface area contributed by atoms with E-state index in [9.17, 15) is 5.26 Å². The lowest BCUT2D eigenvalue weighted by Gasteiger charge is -2.19. The van der Waals surface area contributed by atoms with E-state index in [2.05, 4.69) is 272 Å². The summed E-state index contributed by atoms with van der Waals surface area (Å²) in [6, 6.07) is 106. The fourth-order valence-corrected chi connectivity index (χ4v) is 15.4. The highest BCUT2D eigenvalue weighted by Gasteiger charge is 2.32. The maximum Gasteiger partial charge on any atom is 0.231 e. The zero-order valence-electron chi connectivity index (χ0n) is 49.2. The van der Waals surface area contributed by atoms with Crippen LogP contribution in [0.5, 0.6) is 0 Å². The molecule has 426 valence electrons. The Morgan fingerprint density at radius 1 is 0.293 bits per heavy atom. The second-order valence-corrected chi connectivity index (χ2v) is 23.9. The molecule has 9 nitrogen and oxygen atoms in total. The first kappa shape index (κ1) is 50.3. The van der Waals surface area contributed by atoms with Crippen molar-refractivity contribution in [1.82, 2.24) is 32.8 Å². The van der Waals surface area contributed by atoms with Gasteiger partial charge in [0.25, 0.3) is 0 Å². The molecule has 92 heavy (non-hydrogen) atoms. The Balaban J connectivity index is 1.02. The summed E-state index contributed by atoms with van der Waals surface area (Å²) in [7, 11) is 0. The fourth-order valence-electron chi connectivity index (χ4n) is 15.4. The average molecular weight is 1170 g/mol. The third kappa shape index (κ3) is 6.89. The number of rotatable bonds is 7. The van der Waals surface area contributed by atoms with Crippen LogP contribution in [0.3, 0.4) is 0 Å². The Labute approximate surface area is 524 Å². The molecule has 0 N–H and O–H groups in total. The van der Waals surface area contributed by atoms with E-state index in [1.165, 1.54) is 0 Å². The number of nitriles is 1. The standard InChI is InChI=1S/C83H48N8O/c84-49-63-69(90-65-40-20-14-34-56(65)62-47-71-61(48-72(62)90)55-33-13-19-39-64(55)87(71)52-27-7-2-8-28-52)45-51(78-74-60-38-18-24-44-73(60)92-83(74)86-82(85-78)50-25-5-1-6-26-50)46-70(63)91-68-43-23-17-37-59(68)77-80-75(57-35-15-21-41-66(57)88(80)53-29-9-3-10-30-53)79-76(81(77)91)58-36-16-22-42-67(58)89(79)54-31-11-4-12-32-54/h1-48H. The van der Waals surface area contributed by atoms with Gasteiger partial charge in [-0.15, -0.1) is 0 Å². The smallest absolute Gasteiger partial charge is 0.231 e. The van der Waals surface area contributed by atoms with E-state index in [0.717, 1.165) is 148 Å². The van der Waals surface area contributed by atoms with Crippen LogP contribution >= 0.6 is 0 Å². The van der Waals surface area contributed by atoms with Crippen molar-refractivity contribution in [1.29, 1.82) is 5.26 Å². The Bertz CT molecular complexity index is 6480. The lowest BCUT2D eigenvalue weighted by atomic mass is 9.99. The molecule has 0 saturated carbocycles. The summed E-state index contributed by atoms with van der Waals surface area (Å²) in [6.07, 6.45) is 0. The van der Waals surface area contributed by atoms with Crippen molar-refractivity contribution in [3.05, 3.63) is 297 Å². The highest BCUT2D eigenvalue weighted by atomic mass is 16.3. The van der Waals surface area contributed by atoms with Crippen molar-refractivity contribution in [2.75, 3.05) is 0 Å². The van der Waals surface area contributed by atoms with Crippen molar-refractivity contribution in [3.8, 4) is 57.2 Å². The summed E-state index contributed by atoms with van der Waals surface area (Å²) in [4.78, 5) is 10.9. The van der Waals surface area contributed by atoms with Crippen LogP contribution in [0.15, 0.2) is 296 Å². The van der Waals surface area contributed by atoms with Crippen molar-refractivity contribution < 1.29 is 4.42 Å². The molecule has 20 rings (SSSR count). The maximum absolute atomic E-state index is 12.7. The van der Waals surface area contributed by atoms with Crippen LogP contribution in [0.25, 0.3) is 182 Å². The quantitative estimate of drug-likeness (QED) is 0.159. The van der Waals surface area contributed by atoms with Gasteiger partial charge in [0.15, 0.2) is 5.82 Å². The Morgan fingerprint density at radius 2 is 0.674 bits per heavy atom. The predicted molar refractivity (Wildman–Crippen MR) is 377 cm³/mol. The third-order valence-electron chi connectivity index (χ3n) is 19.1. The number of nitrogens with zero attached hydrogens (tertiary/aromatic N) is 8. The summed E-state index contributed by atoms with van der Waals surface area (Å²) in [5.74, 6) is 0.525. The van der Waals surface area contributed by atoms with Crippen molar-refractivity contribution in [2.24, 2.45) is 0 Å². The van der Waals surface area contributed by atoms with E-state index in [4.69, 9.17) is 14.4 Å². The Hall–Kier alpha value is -12.8. The molecule has 0 saturated heterocycles. The maximum atomic E-state index is 12.7. The van der Waals surface area contributed by atoms with Gasteiger partial charge in [-0.2, -0.15) is 10.2 Å². The zero-order chi connectivity index (χ0) is 60.3. The van der Waals surface area contributed by atoms with Gasteiger partial charge in [-0.3, -0.25) is 0 Å². The average Bonchev–Trinajstić information content (AvgIpc) is 1.51. The van der Waals surface area contributed by atoms with Crippen LogP contribution in [-0.2, 0) is 0 Å². The summed E-state index contributed by atoms with van der Waals surface area (Å²) in [5, 5.41) is 25.3. The van der Waals surface area contributed by atoms with Crippen LogP contribution in [0, 0.1) is 11.3 Å². The molecule has 0 spiro atoms. The normalized spacial score (nSPS) is 12.1.